The van der Waals surface area contributed by atoms with Gasteiger partial charge in [0.2, 0.25) is 5.78 Å². The van der Waals surface area contributed by atoms with Crippen LogP contribution < -0.4 is 10.6 Å². The molecule has 0 aromatic heterocycles. The zero-order chi connectivity index (χ0) is 10.4. The second-order valence-corrected chi connectivity index (χ2v) is 2.45. The number of carbonyl (C=O) groups is 3. The minimum Gasteiger partial charge on any atom is -0.480 e. The van der Waals surface area contributed by atoms with E-state index in [0.29, 0.717) is 0 Å². The van der Waals surface area contributed by atoms with Crippen molar-refractivity contribution in [2.75, 3.05) is 13.6 Å². The first-order valence-electron chi connectivity index (χ1n) is 3.70. The molecule has 0 spiro atoms. The third-order valence-electron chi connectivity index (χ3n) is 1.45. The maximum atomic E-state index is 11.0. The molecule has 6 nitrogen and oxygen atoms in total. The number of aliphatic carboxylic acids is 1. The van der Waals surface area contributed by atoms with E-state index in [2.05, 4.69) is 5.32 Å². The standard InChI is InChI=1S/C7H12N2O4/c1-4(8-2)6(12)7(13)9-3-5(10)11/h4,8H,3H2,1-2H3,(H,9,13)(H,10,11). The van der Waals surface area contributed by atoms with Crippen LogP contribution in [-0.2, 0) is 14.4 Å². The minimum absolute atomic E-state index is 0.541. The molecule has 0 fully saturated rings. The van der Waals surface area contributed by atoms with Crippen LogP contribution in [0.3, 0.4) is 0 Å². The number of carboxylic acid groups (broad SMARTS) is 1. The van der Waals surface area contributed by atoms with Crippen molar-refractivity contribution in [2.24, 2.45) is 0 Å². The number of carbonyl (C=O) groups excluding carboxylic acids is 2. The first kappa shape index (κ1) is 11.6. The first-order chi connectivity index (χ1) is 5.99. The van der Waals surface area contributed by atoms with Gasteiger partial charge in [-0.05, 0) is 14.0 Å². The van der Waals surface area contributed by atoms with Gasteiger partial charge in [0, 0.05) is 0 Å². The van der Waals surface area contributed by atoms with E-state index in [-0.39, 0.29) is 0 Å². The number of hydrogen-bond donors (Lipinski definition) is 3. The largest absolute Gasteiger partial charge is 0.480 e. The summed E-state index contributed by atoms with van der Waals surface area (Å²) < 4.78 is 0. The van der Waals surface area contributed by atoms with Crippen LogP contribution in [0, 0.1) is 0 Å². The summed E-state index contributed by atoms with van der Waals surface area (Å²) in [4.78, 5) is 31.9. The Morgan fingerprint density at radius 2 is 1.92 bits per heavy atom. The Bertz CT molecular complexity index is 227. The SMILES string of the molecule is CNC(C)C(=O)C(=O)NCC(=O)O. The van der Waals surface area contributed by atoms with Gasteiger partial charge in [0.05, 0.1) is 6.04 Å². The number of ketones is 1. The van der Waals surface area contributed by atoms with Crippen molar-refractivity contribution in [3.8, 4) is 0 Å². The second-order valence-electron chi connectivity index (χ2n) is 2.45. The lowest BCUT2D eigenvalue weighted by Gasteiger charge is -2.07. The molecule has 0 aromatic carbocycles. The molecule has 13 heavy (non-hydrogen) atoms. The molecular formula is C7H12N2O4. The lowest BCUT2D eigenvalue weighted by atomic mass is 10.2. The number of Topliss-reactive ketones (excluding diaryl/α,β-unsaturated/α-hetero) is 1. The van der Waals surface area contributed by atoms with Crippen molar-refractivity contribution in [2.45, 2.75) is 13.0 Å². The van der Waals surface area contributed by atoms with Gasteiger partial charge in [0.25, 0.3) is 5.91 Å². The Morgan fingerprint density at radius 3 is 2.31 bits per heavy atom. The average molecular weight is 188 g/mol. The Hall–Kier alpha value is -1.43. The topological polar surface area (TPSA) is 95.5 Å². The van der Waals surface area contributed by atoms with Crippen LogP contribution in [0.15, 0.2) is 0 Å². The highest BCUT2D eigenvalue weighted by Gasteiger charge is 2.19. The fraction of sp³-hybridized carbons (Fsp3) is 0.571. The summed E-state index contributed by atoms with van der Waals surface area (Å²) in [5, 5.41) is 12.7. The van der Waals surface area contributed by atoms with Crippen LogP contribution in [0.2, 0.25) is 0 Å². The van der Waals surface area contributed by atoms with Crippen LogP contribution in [0.1, 0.15) is 6.92 Å². The molecule has 0 aliphatic rings. The van der Waals surface area contributed by atoms with Crippen LogP contribution in [0.4, 0.5) is 0 Å². The van der Waals surface area contributed by atoms with Gasteiger partial charge >= 0.3 is 5.97 Å². The van der Waals surface area contributed by atoms with Gasteiger partial charge in [0.15, 0.2) is 0 Å². The quantitative estimate of drug-likeness (QED) is 0.450. The van der Waals surface area contributed by atoms with E-state index in [9.17, 15) is 14.4 Å². The van der Waals surface area contributed by atoms with Crippen molar-refractivity contribution < 1.29 is 19.5 Å². The highest BCUT2D eigenvalue weighted by Crippen LogP contribution is 1.83. The van der Waals surface area contributed by atoms with Crippen molar-refractivity contribution in [3.63, 3.8) is 0 Å². The molecule has 1 unspecified atom stereocenters. The van der Waals surface area contributed by atoms with E-state index < -0.39 is 30.2 Å². The van der Waals surface area contributed by atoms with Gasteiger partial charge in [-0.25, -0.2) is 0 Å². The number of nitrogens with one attached hydrogen (secondary N) is 2. The van der Waals surface area contributed by atoms with Gasteiger partial charge in [-0.2, -0.15) is 0 Å². The maximum absolute atomic E-state index is 11.0. The van der Waals surface area contributed by atoms with Gasteiger partial charge in [-0.15, -0.1) is 0 Å². The van der Waals surface area contributed by atoms with Gasteiger partial charge in [0.1, 0.15) is 6.54 Å². The maximum Gasteiger partial charge on any atom is 0.322 e. The molecule has 1 atom stereocenters. The predicted octanol–water partition coefficient (Wildman–Crippen LogP) is -1.64. The number of likely N-dealkylation sites (N-methyl/N-ethyl adjacent to an activating group) is 1. The Balaban J connectivity index is 3.97. The third-order valence-corrected chi connectivity index (χ3v) is 1.45. The summed E-state index contributed by atoms with van der Waals surface area (Å²) in [5.74, 6) is -2.74. The van der Waals surface area contributed by atoms with Crippen molar-refractivity contribution in [1.82, 2.24) is 10.6 Å². The smallest absolute Gasteiger partial charge is 0.322 e. The predicted molar refractivity (Wildman–Crippen MR) is 44.2 cm³/mol. The number of carboxylic acids is 1. The molecule has 0 rings (SSSR count). The lowest BCUT2D eigenvalue weighted by Crippen LogP contribution is -2.43. The van der Waals surface area contributed by atoms with E-state index in [4.69, 9.17) is 5.11 Å². The zero-order valence-corrected chi connectivity index (χ0v) is 7.46. The average Bonchev–Trinajstić information content (AvgIpc) is 2.11. The molecule has 0 aliphatic carbocycles. The van der Waals surface area contributed by atoms with Crippen molar-refractivity contribution in [1.29, 1.82) is 0 Å². The lowest BCUT2D eigenvalue weighted by molar-refractivity contribution is -0.141. The molecule has 0 heterocycles. The molecule has 74 valence electrons. The Morgan fingerprint density at radius 1 is 1.38 bits per heavy atom. The summed E-state index contributed by atoms with van der Waals surface area (Å²) >= 11 is 0. The van der Waals surface area contributed by atoms with Crippen LogP contribution in [-0.4, -0.2) is 42.4 Å². The summed E-state index contributed by atoms with van der Waals surface area (Å²) in [7, 11) is 1.53. The van der Waals surface area contributed by atoms with Crippen LogP contribution in [0.5, 0.6) is 0 Å². The highest BCUT2D eigenvalue weighted by atomic mass is 16.4. The second kappa shape index (κ2) is 5.26. The molecular weight excluding hydrogens is 176 g/mol. The molecule has 0 saturated heterocycles. The Kier molecular flexibility index (Phi) is 4.68. The van der Waals surface area contributed by atoms with E-state index in [1.807, 2.05) is 5.32 Å². The summed E-state index contributed by atoms with van der Waals surface area (Å²) in [6.07, 6.45) is 0. The van der Waals surface area contributed by atoms with Crippen molar-refractivity contribution in [3.05, 3.63) is 0 Å². The first-order valence-corrected chi connectivity index (χ1v) is 3.70. The minimum atomic E-state index is -1.18. The van der Waals surface area contributed by atoms with Crippen LogP contribution >= 0.6 is 0 Å². The van der Waals surface area contributed by atoms with E-state index in [1.165, 1.54) is 14.0 Å². The van der Waals surface area contributed by atoms with Gasteiger partial charge in [-0.3, -0.25) is 14.4 Å². The zero-order valence-electron chi connectivity index (χ0n) is 7.46. The molecule has 3 N–H and O–H groups in total. The normalized spacial score (nSPS) is 11.8. The molecule has 0 radical (unpaired) electrons. The van der Waals surface area contributed by atoms with Gasteiger partial charge in [-0.1, -0.05) is 0 Å². The van der Waals surface area contributed by atoms with Crippen molar-refractivity contribution >= 4 is 17.7 Å². The fourth-order valence-electron chi connectivity index (χ4n) is 0.571. The summed E-state index contributed by atoms with van der Waals surface area (Å²) in [5.41, 5.74) is 0. The number of hydrogen-bond acceptors (Lipinski definition) is 4. The van der Waals surface area contributed by atoms with Gasteiger partial charge < -0.3 is 15.7 Å². The number of rotatable bonds is 5. The molecule has 0 bridgehead atoms. The third kappa shape index (κ3) is 4.22. The molecule has 6 heteroatoms. The summed E-state index contributed by atoms with van der Waals surface area (Å²) in [6.45, 7) is 0.976. The Labute approximate surface area is 75.3 Å². The van der Waals surface area contributed by atoms with E-state index in [1.54, 1.807) is 0 Å². The molecule has 0 aromatic rings. The molecule has 0 aliphatic heterocycles. The van der Waals surface area contributed by atoms with Crippen LogP contribution in [0.25, 0.3) is 0 Å². The van der Waals surface area contributed by atoms with E-state index in [0.717, 1.165) is 0 Å². The van der Waals surface area contributed by atoms with E-state index >= 15 is 0 Å². The molecule has 0 saturated carbocycles. The molecule has 1 amide bonds. The fourth-order valence-corrected chi connectivity index (χ4v) is 0.571. The monoisotopic (exact) mass is 188 g/mol. The number of amides is 1. The summed E-state index contributed by atoms with van der Waals surface area (Å²) in [6, 6.07) is -0.603. The highest BCUT2D eigenvalue weighted by molar-refractivity contribution is 6.38.